The number of carbonyl (C=O) groups excluding carboxylic acids is 1. The van der Waals surface area contributed by atoms with E-state index >= 15 is 0 Å². The highest BCUT2D eigenvalue weighted by atomic mass is 16.5. The van der Waals surface area contributed by atoms with Crippen LogP contribution in [0.5, 0.6) is 11.5 Å². The number of likely N-dealkylation sites (N-methyl/N-ethyl adjacent to an activating group) is 1. The Balaban J connectivity index is 1.71. The summed E-state index contributed by atoms with van der Waals surface area (Å²) in [4.78, 5) is 14.1. The monoisotopic (exact) mass is 293 g/mol. The van der Waals surface area contributed by atoms with Crippen LogP contribution in [-0.4, -0.2) is 62.3 Å². The third-order valence-electron chi connectivity index (χ3n) is 3.29. The van der Waals surface area contributed by atoms with Crippen LogP contribution in [-0.2, 0) is 4.79 Å². The maximum atomic E-state index is 11.8. The highest BCUT2D eigenvalue weighted by Crippen LogP contribution is 2.17. The summed E-state index contributed by atoms with van der Waals surface area (Å²) in [6, 6.07) is 7.26. The Bertz CT molecular complexity index is 442. The highest BCUT2D eigenvalue weighted by Gasteiger charge is 2.15. The topological polar surface area (TPSA) is 54.0 Å². The largest absolute Gasteiger partial charge is 0.494 e. The number of nitrogens with one attached hydrogen (secondary N) is 1. The van der Waals surface area contributed by atoms with Crippen LogP contribution in [0.25, 0.3) is 0 Å². The minimum absolute atomic E-state index is 0.0142. The van der Waals surface area contributed by atoms with Gasteiger partial charge in [0.2, 0.25) is 0 Å². The second-order valence-corrected chi connectivity index (χ2v) is 5.02. The third-order valence-corrected chi connectivity index (χ3v) is 3.29. The van der Waals surface area contributed by atoms with E-state index < -0.39 is 0 Å². The molecule has 1 aromatic carbocycles. The van der Waals surface area contributed by atoms with E-state index in [-0.39, 0.29) is 12.5 Å². The van der Waals surface area contributed by atoms with Gasteiger partial charge in [-0.1, -0.05) is 0 Å². The van der Waals surface area contributed by atoms with Gasteiger partial charge in [0.15, 0.2) is 6.61 Å². The first-order valence-corrected chi connectivity index (χ1v) is 7.26. The minimum atomic E-state index is -0.131. The van der Waals surface area contributed by atoms with Gasteiger partial charge in [0, 0.05) is 26.2 Å². The SMILES string of the molecule is CCOc1ccc(OCC(=O)NN2CCN(C)CC2)cc1. The van der Waals surface area contributed by atoms with Crippen molar-refractivity contribution in [2.24, 2.45) is 0 Å². The molecule has 0 spiro atoms. The lowest BCUT2D eigenvalue weighted by molar-refractivity contribution is -0.128. The number of ether oxygens (including phenoxy) is 2. The summed E-state index contributed by atoms with van der Waals surface area (Å²) in [5.74, 6) is 1.33. The number of rotatable bonds is 6. The standard InChI is InChI=1S/C15H23N3O3/c1-3-20-13-4-6-14(7-5-13)21-12-15(19)16-18-10-8-17(2)9-11-18/h4-7H,3,8-12H2,1-2H3,(H,16,19). The summed E-state index contributed by atoms with van der Waals surface area (Å²) < 4.78 is 10.8. The lowest BCUT2D eigenvalue weighted by Crippen LogP contribution is -2.53. The maximum absolute atomic E-state index is 11.8. The first kappa shape index (κ1) is 15.6. The molecule has 1 fully saturated rings. The predicted molar refractivity (Wildman–Crippen MR) is 80.3 cm³/mol. The van der Waals surface area contributed by atoms with Crippen LogP contribution in [0.4, 0.5) is 0 Å². The van der Waals surface area contributed by atoms with Crippen molar-refractivity contribution in [3.05, 3.63) is 24.3 Å². The van der Waals surface area contributed by atoms with Gasteiger partial charge in [0.25, 0.3) is 5.91 Å². The van der Waals surface area contributed by atoms with Crippen molar-refractivity contribution in [3.8, 4) is 11.5 Å². The van der Waals surface area contributed by atoms with Crippen LogP contribution in [0.15, 0.2) is 24.3 Å². The van der Waals surface area contributed by atoms with E-state index in [0.29, 0.717) is 12.4 Å². The molecule has 0 atom stereocenters. The smallest absolute Gasteiger partial charge is 0.272 e. The Kier molecular flexibility index (Phi) is 5.83. The van der Waals surface area contributed by atoms with Gasteiger partial charge in [-0.05, 0) is 38.2 Å². The molecule has 0 unspecified atom stereocenters. The van der Waals surface area contributed by atoms with E-state index in [1.54, 1.807) is 12.1 Å². The molecule has 0 bridgehead atoms. The van der Waals surface area contributed by atoms with E-state index in [9.17, 15) is 4.79 Å². The molecule has 0 aromatic heterocycles. The molecular weight excluding hydrogens is 270 g/mol. The Morgan fingerprint density at radius 3 is 2.24 bits per heavy atom. The van der Waals surface area contributed by atoms with Crippen LogP contribution in [0.3, 0.4) is 0 Å². The van der Waals surface area contributed by atoms with Crippen molar-refractivity contribution >= 4 is 5.91 Å². The van der Waals surface area contributed by atoms with Crippen molar-refractivity contribution in [1.29, 1.82) is 0 Å². The Morgan fingerprint density at radius 1 is 1.10 bits per heavy atom. The van der Waals surface area contributed by atoms with Crippen molar-refractivity contribution in [3.63, 3.8) is 0 Å². The van der Waals surface area contributed by atoms with Crippen LogP contribution < -0.4 is 14.9 Å². The van der Waals surface area contributed by atoms with Crippen LogP contribution in [0, 0.1) is 0 Å². The summed E-state index contributed by atoms with van der Waals surface area (Å²) in [6.07, 6.45) is 0. The Hall–Kier alpha value is -1.79. The van der Waals surface area contributed by atoms with Gasteiger partial charge < -0.3 is 14.4 Å². The van der Waals surface area contributed by atoms with Crippen molar-refractivity contribution < 1.29 is 14.3 Å². The predicted octanol–water partition coefficient (Wildman–Crippen LogP) is 0.743. The second-order valence-electron chi connectivity index (χ2n) is 5.02. The van der Waals surface area contributed by atoms with E-state index in [1.807, 2.05) is 24.1 Å². The molecule has 1 aromatic rings. The summed E-state index contributed by atoms with van der Waals surface area (Å²) in [6.45, 7) is 6.18. The fraction of sp³-hybridized carbons (Fsp3) is 0.533. The average Bonchev–Trinajstić information content (AvgIpc) is 2.49. The first-order chi connectivity index (χ1) is 10.2. The van der Waals surface area contributed by atoms with E-state index in [1.165, 1.54) is 0 Å². The number of hydrogen-bond acceptors (Lipinski definition) is 5. The van der Waals surface area contributed by atoms with Gasteiger partial charge >= 0.3 is 0 Å². The molecule has 1 N–H and O–H groups in total. The number of nitrogens with zero attached hydrogens (tertiary/aromatic N) is 2. The minimum Gasteiger partial charge on any atom is -0.494 e. The normalized spacial score (nSPS) is 16.5. The molecule has 0 saturated carbocycles. The lowest BCUT2D eigenvalue weighted by Gasteiger charge is -2.32. The van der Waals surface area contributed by atoms with Crippen LogP contribution in [0.2, 0.25) is 0 Å². The summed E-state index contributed by atoms with van der Waals surface area (Å²) >= 11 is 0. The first-order valence-electron chi connectivity index (χ1n) is 7.26. The van der Waals surface area contributed by atoms with Crippen molar-refractivity contribution in [2.45, 2.75) is 6.92 Å². The highest BCUT2D eigenvalue weighted by molar-refractivity contribution is 5.77. The Labute approximate surface area is 125 Å². The summed E-state index contributed by atoms with van der Waals surface area (Å²) in [5, 5.41) is 1.93. The molecule has 21 heavy (non-hydrogen) atoms. The molecule has 6 nitrogen and oxygen atoms in total. The van der Waals surface area contributed by atoms with Gasteiger partial charge in [-0.3, -0.25) is 10.2 Å². The molecule has 2 rings (SSSR count). The van der Waals surface area contributed by atoms with Crippen LogP contribution >= 0.6 is 0 Å². The zero-order valence-electron chi connectivity index (χ0n) is 12.7. The molecular formula is C15H23N3O3. The fourth-order valence-corrected chi connectivity index (χ4v) is 2.07. The van der Waals surface area contributed by atoms with Gasteiger partial charge in [0.1, 0.15) is 11.5 Å². The van der Waals surface area contributed by atoms with E-state index in [2.05, 4.69) is 17.4 Å². The fourth-order valence-electron chi connectivity index (χ4n) is 2.07. The summed E-state index contributed by atoms with van der Waals surface area (Å²) in [7, 11) is 2.08. The molecule has 0 radical (unpaired) electrons. The van der Waals surface area contributed by atoms with Crippen molar-refractivity contribution in [2.75, 3.05) is 46.4 Å². The molecule has 1 heterocycles. The van der Waals surface area contributed by atoms with E-state index in [4.69, 9.17) is 9.47 Å². The number of benzene rings is 1. The number of carbonyl (C=O) groups is 1. The maximum Gasteiger partial charge on any atom is 0.272 e. The van der Waals surface area contributed by atoms with Gasteiger partial charge in [-0.2, -0.15) is 0 Å². The molecule has 6 heteroatoms. The van der Waals surface area contributed by atoms with Crippen LogP contribution in [0.1, 0.15) is 6.92 Å². The van der Waals surface area contributed by atoms with Gasteiger partial charge in [-0.15, -0.1) is 0 Å². The van der Waals surface area contributed by atoms with Gasteiger partial charge in [0.05, 0.1) is 6.61 Å². The lowest BCUT2D eigenvalue weighted by atomic mass is 10.3. The molecule has 1 saturated heterocycles. The molecule has 1 aliphatic rings. The quantitative estimate of drug-likeness (QED) is 0.838. The number of hydrazine groups is 1. The number of amides is 1. The zero-order chi connectivity index (χ0) is 15.1. The number of piperazine rings is 1. The second kappa shape index (κ2) is 7.85. The molecule has 1 aliphatic heterocycles. The third kappa shape index (κ3) is 5.24. The number of hydrogen-bond donors (Lipinski definition) is 1. The Morgan fingerprint density at radius 2 is 1.67 bits per heavy atom. The van der Waals surface area contributed by atoms with E-state index in [0.717, 1.165) is 31.9 Å². The van der Waals surface area contributed by atoms with Crippen molar-refractivity contribution in [1.82, 2.24) is 15.3 Å². The molecule has 116 valence electrons. The zero-order valence-corrected chi connectivity index (χ0v) is 12.7. The molecule has 1 amide bonds. The average molecular weight is 293 g/mol. The molecule has 0 aliphatic carbocycles. The summed E-state index contributed by atoms with van der Waals surface area (Å²) in [5.41, 5.74) is 2.86. The van der Waals surface area contributed by atoms with Gasteiger partial charge in [-0.25, -0.2) is 5.01 Å².